The summed E-state index contributed by atoms with van der Waals surface area (Å²) in [6.45, 7) is 6.50. The third-order valence-electron chi connectivity index (χ3n) is 6.47. The molecule has 1 atom stereocenters. The Hall–Kier alpha value is -2.08. The molecular weight excluding hydrogens is 449 g/mol. The second-order valence-electron chi connectivity index (χ2n) is 8.44. The van der Waals surface area contributed by atoms with Crippen molar-refractivity contribution >= 4 is 35.1 Å². The normalized spacial score (nSPS) is 16.6. The molecule has 7 heteroatoms. The Morgan fingerprint density at radius 3 is 1.94 bits per heavy atom. The summed E-state index contributed by atoms with van der Waals surface area (Å²) in [6, 6.07) is 12.3. The molecule has 1 unspecified atom stereocenters. The van der Waals surface area contributed by atoms with E-state index in [9.17, 15) is 9.59 Å². The summed E-state index contributed by atoms with van der Waals surface area (Å²) in [7, 11) is 0. The molecule has 5 nitrogen and oxygen atoms in total. The second-order valence-corrected chi connectivity index (χ2v) is 9.25. The number of likely N-dealkylation sites (tertiary alicyclic amines) is 1. The van der Waals surface area contributed by atoms with Crippen molar-refractivity contribution in [3.63, 3.8) is 0 Å². The molecule has 0 saturated carbocycles. The summed E-state index contributed by atoms with van der Waals surface area (Å²) in [4.78, 5) is 25.6. The maximum Gasteiger partial charge on any atom is 0.332 e. The van der Waals surface area contributed by atoms with Crippen molar-refractivity contribution < 1.29 is 19.4 Å². The molecule has 1 amide bonds. The number of aryl methyl sites for hydroxylation is 2. The third-order valence-corrected chi connectivity index (χ3v) is 7.29. The van der Waals surface area contributed by atoms with Crippen LogP contribution in [-0.4, -0.2) is 47.7 Å². The number of aliphatic carboxylic acids is 1. The van der Waals surface area contributed by atoms with Gasteiger partial charge in [-0.1, -0.05) is 54.4 Å². The number of halogens is 2. The van der Waals surface area contributed by atoms with Crippen LogP contribution in [0.15, 0.2) is 36.4 Å². The van der Waals surface area contributed by atoms with Crippen molar-refractivity contribution in [1.82, 2.24) is 4.90 Å². The number of hydrogen-bond acceptors (Lipinski definition) is 3. The van der Waals surface area contributed by atoms with Gasteiger partial charge in [0.15, 0.2) is 6.10 Å². The van der Waals surface area contributed by atoms with Gasteiger partial charge < -0.3 is 14.7 Å². The average Bonchev–Trinajstić information content (AvgIpc) is 2.77. The van der Waals surface area contributed by atoms with Gasteiger partial charge >= 0.3 is 5.97 Å². The minimum atomic E-state index is -1.05. The van der Waals surface area contributed by atoms with Gasteiger partial charge in [-0.2, -0.15) is 0 Å². The molecule has 172 valence electrons. The maximum absolute atomic E-state index is 12.7. The molecule has 0 spiro atoms. The lowest BCUT2D eigenvalue weighted by atomic mass is 9.68. The second kappa shape index (κ2) is 10.2. The van der Waals surface area contributed by atoms with Crippen LogP contribution in [0, 0.1) is 13.8 Å². The minimum Gasteiger partial charge on any atom is -0.479 e. The number of carboxylic acids is 1. The van der Waals surface area contributed by atoms with Crippen molar-refractivity contribution in [2.75, 3.05) is 19.7 Å². The zero-order valence-electron chi connectivity index (χ0n) is 18.7. The Balaban J connectivity index is 1.84. The standard InChI is InChI=1S/C25H29Cl2NO4/c1-4-22(24(30)31)32-15-23(29)28-11-9-25(10-12-28,18-7-5-16(2)20(26)13-18)19-8-6-17(3)21(27)14-19/h5-8,13-14,22H,4,9-12,15H2,1-3H3,(H,30,31). The van der Waals surface area contributed by atoms with Crippen molar-refractivity contribution in [2.24, 2.45) is 0 Å². The molecular formula is C25H29Cl2NO4. The minimum absolute atomic E-state index is 0.192. The van der Waals surface area contributed by atoms with Crippen LogP contribution in [0.25, 0.3) is 0 Å². The monoisotopic (exact) mass is 477 g/mol. The summed E-state index contributed by atoms with van der Waals surface area (Å²) < 4.78 is 5.32. The lowest BCUT2D eigenvalue weighted by molar-refractivity contribution is -0.154. The van der Waals surface area contributed by atoms with Crippen LogP contribution in [0.1, 0.15) is 48.4 Å². The number of carbonyl (C=O) groups is 2. The number of nitrogens with zero attached hydrogens (tertiary/aromatic N) is 1. The summed E-state index contributed by atoms with van der Waals surface area (Å²) >= 11 is 12.9. The fourth-order valence-electron chi connectivity index (χ4n) is 4.29. The summed E-state index contributed by atoms with van der Waals surface area (Å²) in [6.07, 6.45) is 0.752. The molecule has 3 rings (SSSR count). The predicted octanol–water partition coefficient (Wildman–Crippen LogP) is 5.40. The van der Waals surface area contributed by atoms with E-state index in [1.54, 1.807) is 11.8 Å². The number of carbonyl (C=O) groups excluding carboxylic acids is 1. The van der Waals surface area contributed by atoms with E-state index in [1.165, 1.54) is 0 Å². The highest BCUT2D eigenvalue weighted by Crippen LogP contribution is 2.43. The number of carboxylic acid groups (broad SMARTS) is 1. The van der Waals surface area contributed by atoms with Gasteiger partial charge in [0, 0.05) is 28.5 Å². The first-order chi connectivity index (χ1) is 15.2. The number of piperidine rings is 1. The van der Waals surface area contributed by atoms with Crippen molar-refractivity contribution in [2.45, 2.75) is 51.6 Å². The van der Waals surface area contributed by atoms with E-state index < -0.39 is 12.1 Å². The zero-order valence-corrected chi connectivity index (χ0v) is 20.2. The molecule has 1 heterocycles. The van der Waals surface area contributed by atoms with Gasteiger partial charge in [-0.25, -0.2) is 4.79 Å². The van der Waals surface area contributed by atoms with Gasteiger partial charge in [0.25, 0.3) is 0 Å². The van der Waals surface area contributed by atoms with E-state index in [-0.39, 0.29) is 17.9 Å². The van der Waals surface area contributed by atoms with Gasteiger partial charge in [-0.3, -0.25) is 4.79 Å². The highest BCUT2D eigenvalue weighted by molar-refractivity contribution is 6.31. The molecule has 32 heavy (non-hydrogen) atoms. The Kier molecular flexibility index (Phi) is 7.86. The fraction of sp³-hybridized carbons (Fsp3) is 0.440. The molecule has 1 saturated heterocycles. The Bertz CT molecular complexity index is 946. The van der Waals surface area contributed by atoms with Gasteiger partial charge in [-0.15, -0.1) is 0 Å². The SMILES string of the molecule is CCC(OCC(=O)N1CCC(c2ccc(C)c(Cl)c2)(c2ccc(C)c(Cl)c2)CC1)C(=O)O. The van der Waals surface area contributed by atoms with Gasteiger partial charge in [0.2, 0.25) is 5.91 Å². The molecule has 1 N–H and O–H groups in total. The molecule has 0 aliphatic carbocycles. The van der Waals surface area contributed by atoms with Crippen LogP contribution in [0.2, 0.25) is 10.0 Å². The van der Waals surface area contributed by atoms with Crippen LogP contribution in [0.3, 0.4) is 0 Å². The molecule has 1 fully saturated rings. The number of ether oxygens (including phenoxy) is 1. The summed E-state index contributed by atoms with van der Waals surface area (Å²) in [5, 5.41) is 10.6. The Morgan fingerprint density at radius 1 is 1.03 bits per heavy atom. The van der Waals surface area contributed by atoms with E-state index >= 15 is 0 Å². The first-order valence-electron chi connectivity index (χ1n) is 10.8. The van der Waals surface area contributed by atoms with E-state index in [2.05, 4.69) is 12.1 Å². The average molecular weight is 478 g/mol. The zero-order chi connectivity index (χ0) is 23.5. The van der Waals surface area contributed by atoms with Crippen LogP contribution in [-0.2, 0) is 19.7 Å². The molecule has 0 aromatic heterocycles. The number of hydrogen-bond donors (Lipinski definition) is 1. The number of amides is 1. The lowest BCUT2D eigenvalue weighted by Gasteiger charge is -2.43. The van der Waals surface area contributed by atoms with E-state index in [0.717, 1.165) is 22.3 Å². The van der Waals surface area contributed by atoms with E-state index in [1.807, 2.05) is 38.1 Å². The van der Waals surface area contributed by atoms with Crippen molar-refractivity contribution in [3.8, 4) is 0 Å². The van der Waals surface area contributed by atoms with Crippen LogP contribution in [0.5, 0.6) is 0 Å². The first-order valence-corrected chi connectivity index (χ1v) is 11.6. The summed E-state index contributed by atoms with van der Waals surface area (Å²) in [5.74, 6) is -1.24. The quantitative estimate of drug-likeness (QED) is 0.579. The fourth-order valence-corrected chi connectivity index (χ4v) is 4.65. The van der Waals surface area contributed by atoms with Gasteiger partial charge in [0.05, 0.1) is 0 Å². The van der Waals surface area contributed by atoms with Crippen LogP contribution < -0.4 is 0 Å². The number of benzene rings is 2. The van der Waals surface area contributed by atoms with Gasteiger partial charge in [-0.05, 0) is 67.5 Å². The predicted molar refractivity (Wildman–Crippen MR) is 127 cm³/mol. The first kappa shape index (κ1) is 24.6. The molecule has 1 aliphatic rings. The molecule has 2 aromatic carbocycles. The number of rotatable bonds is 7. The van der Waals surface area contributed by atoms with E-state index in [0.29, 0.717) is 42.4 Å². The van der Waals surface area contributed by atoms with Crippen LogP contribution in [0.4, 0.5) is 0 Å². The highest BCUT2D eigenvalue weighted by atomic mass is 35.5. The smallest absolute Gasteiger partial charge is 0.332 e. The third kappa shape index (κ3) is 5.11. The summed E-state index contributed by atoms with van der Waals surface area (Å²) in [5.41, 5.74) is 3.92. The molecule has 1 aliphatic heterocycles. The van der Waals surface area contributed by atoms with Crippen molar-refractivity contribution in [3.05, 3.63) is 68.7 Å². The topological polar surface area (TPSA) is 66.8 Å². The van der Waals surface area contributed by atoms with Crippen molar-refractivity contribution in [1.29, 1.82) is 0 Å². The molecule has 0 bridgehead atoms. The molecule has 0 radical (unpaired) electrons. The molecule has 2 aromatic rings. The Morgan fingerprint density at radius 2 is 1.53 bits per heavy atom. The van der Waals surface area contributed by atoms with Gasteiger partial charge in [0.1, 0.15) is 6.61 Å². The largest absolute Gasteiger partial charge is 0.479 e. The lowest BCUT2D eigenvalue weighted by Crippen LogP contribution is -2.47. The van der Waals surface area contributed by atoms with E-state index in [4.69, 9.17) is 33.0 Å². The highest BCUT2D eigenvalue weighted by Gasteiger charge is 2.39. The maximum atomic E-state index is 12.7. The Labute approximate surface area is 199 Å². The van der Waals surface area contributed by atoms with Crippen LogP contribution >= 0.6 is 23.2 Å².